The maximum atomic E-state index is 12.9. The Morgan fingerprint density at radius 1 is 1.28 bits per heavy atom. The summed E-state index contributed by atoms with van der Waals surface area (Å²) in [4.78, 5) is 40.7. The summed E-state index contributed by atoms with van der Waals surface area (Å²) in [5, 5.41) is 3.00. The van der Waals surface area contributed by atoms with Crippen LogP contribution in [0.4, 0.5) is 4.79 Å². The number of nitrogens with zero attached hydrogens (tertiary/aromatic N) is 2. The van der Waals surface area contributed by atoms with Gasteiger partial charge in [0, 0.05) is 13.1 Å². The highest BCUT2D eigenvalue weighted by Gasteiger charge is 2.28. The van der Waals surface area contributed by atoms with Gasteiger partial charge in [0.25, 0.3) is 0 Å². The third-order valence-electron chi connectivity index (χ3n) is 5.40. The van der Waals surface area contributed by atoms with Gasteiger partial charge in [-0.05, 0) is 50.5 Å². The number of aliphatic imine (C=N–C) groups is 1. The van der Waals surface area contributed by atoms with E-state index in [2.05, 4.69) is 10.3 Å². The van der Waals surface area contributed by atoms with Crippen molar-refractivity contribution >= 4 is 18.1 Å². The Balaban J connectivity index is 1.98. The van der Waals surface area contributed by atoms with Crippen LogP contribution in [0, 0.1) is 11.8 Å². The summed E-state index contributed by atoms with van der Waals surface area (Å²) >= 11 is 0. The van der Waals surface area contributed by atoms with Crippen LogP contribution in [0.2, 0.25) is 0 Å². The molecule has 7 nitrogen and oxygen atoms in total. The molecule has 0 spiro atoms. The minimum atomic E-state index is -0.684. The number of carbonyl (C=O) groups is 2. The molecule has 0 heterocycles. The highest BCUT2D eigenvalue weighted by Crippen LogP contribution is 2.28. The second-order valence-corrected chi connectivity index (χ2v) is 7.56. The zero-order valence-electron chi connectivity index (χ0n) is 17.3. The Bertz CT molecular complexity index is 703. The summed E-state index contributed by atoms with van der Waals surface area (Å²) in [6, 6.07) is 8.62. The molecule has 1 aromatic carbocycles. The number of carbonyl (C=O) groups excluding carboxylic acids is 3. The zero-order valence-corrected chi connectivity index (χ0v) is 17.3. The van der Waals surface area contributed by atoms with E-state index in [9.17, 15) is 14.4 Å². The van der Waals surface area contributed by atoms with E-state index >= 15 is 0 Å². The number of hydrogen-bond donors (Lipinski definition) is 1. The lowest BCUT2D eigenvalue weighted by molar-refractivity contribution is -0.148. The number of hydrogen-bond acceptors (Lipinski definition) is 5. The van der Waals surface area contributed by atoms with Crippen LogP contribution in [0.25, 0.3) is 0 Å². The summed E-state index contributed by atoms with van der Waals surface area (Å²) < 4.78 is 5.12. The third kappa shape index (κ3) is 7.35. The second-order valence-electron chi connectivity index (χ2n) is 7.56. The molecule has 2 amide bonds. The number of amides is 2. The highest BCUT2D eigenvalue weighted by molar-refractivity contribution is 5.83. The molecule has 3 atom stereocenters. The molecule has 0 saturated heterocycles. The lowest BCUT2D eigenvalue weighted by Gasteiger charge is -2.31. The lowest BCUT2D eigenvalue weighted by atomic mass is 9.81. The van der Waals surface area contributed by atoms with Crippen molar-refractivity contribution in [3.8, 4) is 0 Å². The predicted octanol–water partition coefficient (Wildman–Crippen LogP) is 3.29. The molecule has 1 aliphatic rings. The average Bonchev–Trinajstić information content (AvgIpc) is 2.75. The molecule has 1 N–H and O–H groups in total. The van der Waals surface area contributed by atoms with Gasteiger partial charge in [-0.25, -0.2) is 19.4 Å². The average molecular weight is 402 g/mol. The Hall–Kier alpha value is -2.66. The van der Waals surface area contributed by atoms with E-state index in [4.69, 9.17) is 4.74 Å². The van der Waals surface area contributed by atoms with Crippen molar-refractivity contribution in [2.45, 2.75) is 52.1 Å². The fraction of sp³-hybridized carbons (Fsp3) is 0.591. The standard InChI is InChI=1S/C22H31N3O4/c1-3-29-21(27)17(2)25(15-18-8-5-4-6-9-18)22(28)24-14-20-11-7-10-19(12-20)13-23-16-26/h4-6,8-9,17,19-20H,3,7,10-15H2,1-2H3,(H,24,28). The highest BCUT2D eigenvalue weighted by atomic mass is 16.5. The van der Waals surface area contributed by atoms with E-state index < -0.39 is 12.0 Å². The smallest absolute Gasteiger partial charge is 0.328 e. The van der Waals surface area contributed by atoms with Crippen molar-refractivity contribution in [3.63, 3.8) is 0 Å². The van der Waals surface area contributed by atoms with Gasteiger partial charge in [0.05, 0.1) is 13.2 Å². The van der Waals surface area contributed by atoms with Gasteiger partial charge in [-0.2, -0.15) is 0 Å². The maximum Gasteiger partial charge on any atom is 0.328 e. The first kappa shape index (κ1) is 22.6. The van der Waals surface area contributed by atoms with E-state index in [0.29, 0.717) is 31.5 Å². The number of rotatable bonds is 9. The maximum absolute atomic E-state index is 12.9. The number of urea groups is 1. The molecule has 0 bridgehead atoms. The van der Waals surface area contributed by atoms with Crippen molar-refractivity contribution < 1.29 is 19.1 Å². The number of isocyanates is 1. The Kier molecular flexibility index (Phi) is 9.38. The van der Waals surface area contributed by atoms with E-state index in [1.165, 1.54) is 4.90 Å². The molecule has 0 radical (unpaired) electrons. The molecule has 1 aromatic rings. The van der Waals surface area contributed by atoms with Crippen LogP contribution in [-0.4, -0.2) is 48.7 Å². The van der Waals surface area contributed by atoms with Gasteiger partial charge in [0.1, 0.15) is 6.04 Å². The zero-order chi connectivity index (χ0) is 21.1. The van der Waals surface area contributed by atoms with Gasteiger partial charge in [-0.1, -0.05) is 36.8 Å². The molecular weight excluding hydrogens is 370 g/mol. The Morgan fingerprint density at radius 2 is 2.00 bits per heavy atom. The van der Waals surface area contributed by atoms with Crippen LogP contribution in [0.3, 0.4) is 0 Å². The molecule has 1 saturated carbocycles. The molecule has 0 aromatic heterocycles. The minimum Gasteiger partial charge on any atom is -0.464 e. The first-order valence-corrected chi connectivity index (χ1v) is 10.3. The second kappa shape index (κ2) is 12.0. The van der Waals surface area contributed by atoms with E-state index in [-0.39, 0.29) is 12.6 Å². The van der Waals surface area contributed by atoms with E-state index in [0.717, 1.165) is 31.2 Å². The molecular formula is C22H31N3O4. The van der Waals surface area contributed by atoms with Crippen molar-refractivity contribution in [1.82, 2.24) is 10.2 Å². The van der Waals surface area contributed by atoms with E-state index in [1.54, 1.807) is 19.9 Å². The van der Waals surface area contributed by atoms with Crippen molar-refractivity contribution in [3.05, 3.63) is 35.9 Å². The fourth-order valence-electron chi connectivity index (χ4n) is 3.81. The quantitative estimate of drug-likeness (QED) is 0.391. The van der Waals surface area contributed by atoms with Crippen molar-refractivity contribution in [2.24, 2.45) is 16.8 Å². The first-order valence-electron chi connectivity index (χ1n) is 10.3. The van der Waals surface area contributed by atoms with E-state index in [1.807, 2.05) is 30.3 Å². The molecule has 29 heavy (non-hydrogen) atoms. The summed E-state index contributed by atoms with van der Waals surface area (Å²) in [5.41, 5.74) is 0.947. The predicted molar refractivity (Wildman–Crippen MR) is 110 cm³/mol. The molecule has 0 aliphatic heterocycles. The van der Waals surface area contributed by atoms with Crippen molar-refractivity contribution in [1.29, 1.82) is 0 Å². The number of esters is 1. The molecule has 1 fully saturated rings. The van der Waals surface area contributed by atoms with Crippen LogP contribution >= 0.6 is 0 Å². The summed E-state index contributed by atoms with van der Waals surface area (Å²) in [7, 11) is 0. The van der Waals surface area contributed by atoms with Gasteiger partial charge < -0.3 is 15.0 Å². The van der Waals surface area contributed by atoms with Gasteiger partial charge in [-0.3, -0.25) is 0 Å². The molecule has 1 aliphatic carbocycles. The normalized spacial score (nSPS) is 19.5. The topological polar surface area (TPSA) is 88.1 Å². The minimum absolute atomic E-state index is 0.275. The SMILES string of the molecule is CCOC(=O)C(C)N(Cc1ccccc1)C(=O)NCC1CCCC(CN=C=O)C1. The van der Waals surface area contributed by atoms with Gasteiger partial charge in [-0.15, -0.1) is 0 Å². The van der Waals surface area contributed by atoms with Crippen LogP contribution in [0.5, 0.6) is 0 Å². The molecule has 3 unspecified atom stereocenters. The molecule has 158 valence electrons. The van der Waals surface area contributed by atoms with Crippen LogP contribution < -0.4 is 5.32 Å². The van der Waals surface area contributed by atoms with Crippen LogP contribution in [-0.2, 0) is 20.9 Å². The summed E-state index contributed by atoms with van der Waals surface area (Å²) in [5.74, 6) is 0.296. The fourth-order valence-corrected chi connectivity index (χ4v) is 3.81. The van der Waals surface area contributed by atoms with Gasteiger partial charge >= 0.3 is 12.0 Å². The molecule has 7 heteroatoms. The number of nitrogens with one attached hydrogen (secondary N) is 1. The van der Waals surface area contributed by atoms with Crippen LogP contribution in [0.15, 0.2) is 35.3 Å². The molecule has 2 rings (SSSR count). The summed E-state index contributed by atoms with van der Waals surface area (Å²) in [6.45, 7) is 5.09. The number of ether oxygens (including phenoxy) is 1. The largest absolute Gasteiger partial charge is 0.464 e. The Labute approximate surface area is 172 Å². The third-order valence-corrected chi connectivity index (χ3v) is 5.40. The van der Waals surface area contributed by atoms with Crippen LogP contribution in [0.1, 0.15) is 45.1 Å². The Morgan fingerprint density at radius 3 is 2.69 bits per heavy atom. The van der Waals surface area contributed by atoms with Crippen molar-refractivity contribution in [2.75, 3.05) is 19.7 Å². The number of benzene rings is 1. The lowest BCUT2D eigenvalue weighted by Crippen LogP contribution is -2.49. The monoisotopic (exact) mass is 401 g/mol. The van der Waals surface area contributed by atoms with Gasteiger partial charge in [0.15, 0.2) is 0 Å². The van der Waals surface area contributed by atoms with Gasteiger partial charge in [0.2, 0.25) is 6.08 Å². The first-order chi connectivity index (χ1) is 14.0. The summed E-state index contributed by atoms with van der Waals surface area (Å²) in [6.07, 6.45) is 5.68.